The van der Waals surface area contributed by atoms with Crippen LogP contribution in [0.25, 0.3) is 0 Å². The molecule has 9 heteroatoms. The standard InChI is InChI=1S/C8H18N2O5S.BrH/c1-9(16(12,13)14)6-8(11)7-10-2-4-15-5-3-10;/h8,11H,2-7H2,1H3,(H,12,13,14);1H/p-1. The summed E-state index contributed by atoms with van der Waals surface area (Å²) in [6.07, 6.45) is -0.818. The number of aliphatic hydroxyl groups is 1. The molecule has 104 valence electrons. The summed E-state index contributed by atoms with van der Waals surface area (Å²) in [7, 11) is -3.28. The minimum Gasteiger partial charge on any atom is -1.00 e. The first kappa shape index (κ1) is 17.2. The molecule has 1 aliphatic rings. The monoisotopic (exact) mass is 333 g/mol. The molecule has 0 spiro atoms. The van der Waals surface area contributed by atoms with Gasteiger partial charge in [0.15, 0.2) is 10.3 Å². The van der Waals surface area contributed by atoms with Crippen LogP contribution in [0.2, 0.25) is 0 Å². The van der Waals surface area contributed by atoms with Crippen LogP contribution in [0.15, 0.2) is 0 Å². The van der Waals surface area contributed by atoms with E-state index < -0.39 is 16.4 Å². The highest BCUT2D eigenvalue weighted by molar-refractivity contribution is 7.83. The smallest absolute Gasteiger partial charge is 0.161 e. The molecule has 0 bridgehead atoms. The minimum atomic E-state index is -4.45. The summed E-state index contributed by atoms with van der Waals surface area (Å²) in [5, 5.41) is 9.63. The van der Waals surface area contributed by atoms with Gasteiger partial charge in [-0.25, -0.2) is 12.7 Å². The van der Waals surface area contributed by atoms with Crippen molar-refractivity contribution in [3.63, 3.8) is 0 Å². The van der Waals surface area contributed by atoms with E-state index in [4.69, 9.17) is 4.74 Å². The Balaban J connectivity index is 0.00000256. The molecule has 1 rings (SSSR count). The van der Waals surface area contributed by atoms with E-state index >= 15 is 0 Å². The van der Waals surface area contributed by atoms with Crippen molar-refractivity contribution in [1.29, 1.82) is 0 Å². The number of hydrogen-bond acceptors (Lipinski definition) is 5. The van der Waals surface area contributed by atoms with E-state index in [1.807, 2.05) is 0 Å². The molecule has 1 fully saturated rings. The van der Waals surface area contributed by atoms with E-state index in [1.54, 1.807) is 0 Å². The molecular formula is C8H18BrN2O5S-. The van der Waals surface area contributed by atoms with Gasteiger partial charge in [-0.15, -0.1) is 0 Å². The number of ether oxygens (including phenoxy) is 1. The van der Waals surface area contributed by atoms with Gasteiger partial charge in [0.25, 0.3) is 0 Å². The third-order valence-corrected chi connectivity index (χ3v) is 3.49. The van der Waals surface area contributed by atoms with Crippen molar-refractivity contribution >= 4 is 10.3 Å². The average molecular weight is 334 g/mol. The van der Waals surface area contributed by atoms with Gasteiger partial charge in [-0.2, -0.15) is 0 Å². The first-order valence-electron chi connectivity index (χ1n) is 5.16. The molecule has 0 radical (unpaired) electrons. The second-order valence-corrected chi connectivity index (χ2v) is 5.44. The maximum absolute atomic E-state index is 10.6. The number of nitrogens with one attached hydrogen (secondary N) is 1. The summed E-state index contributed by atoms with van der Waals surface area (Å²) in [5.41, 5.74) is 0. The van der Waals surface area contributed by atoms with Gasteiger partial charge in [0.2, 0.25) is 0 Å². The average Bonchev–Trinajstić information content (AvgIpc) is 2.17. The van der Waals surface area contributed by atoms with Crippen LogP contribution in [0.3, 0.4) is 0 Å². The third-order valence-electron chi connectivity index (χ3n) is 2.57. The summed E-state index contributed by atoms with van der Waals surface area (Å²) in [5.74, 6) is 0. The quantitative estimate of drug-likeness (QED) is 0.488. The van der Waals surface area contributed by atoms with Crippen LogP contribution in [-0.2, 0) is 15.0 Å². The topological polar surface area (TPSA) is 94.3 Å². The number of rotatable bonds is 5. The number of quaternary nitrogens is 1. The molecule has 0 saturated carbocycles. The molecule has 0 aromatic rings. The molecule has 0 amide bonds. The van der Waals surface area contributed by atoms with Crippen LogP contribution < -0.4 is 21.9 Å². The lowest BCUT2D eigenvalue weighted by Gasteiger charge is -2.28. The van der Waals surface area contributed by atoms with Crippen molar-refractivity contribution in [1.82, 2.24) is 4.31 Å². The fraction of sp³-hybridized carbons (Fsp3) is 1.00. The van der Waals surface area contributed by atoms with Crippen molar-refractivity contribution in [3.05, 3.63) is 0 Å². The van der Waals surface area contributed by atoms with Gasteiger partial charge < -0.3 is 36.3 Å². The number of halogens is 1. The highest BCUT2D eigenvalue weighted by Crippen LogP contribution is 1.94. The molecule has 1 heterocycles. The molecule has 1 aliphatic heterocycles. The van der Waals surface area contributed by atoms with Crippen LogP contribution in [0, 0.1) is 0 Å². The van der Waals surface area contributed by atoms with Crippen LogP contribution in [-0.4, -0.2) is 74.9 Å². The third kappa shape index (κ3) is 6.65. The van der Waals surface area contributed by atoms with E-state index in [2.05, 4.69) is 0 Å². The van der Waals surface area contributed by atoms with E-state index in [9.17, 15) is 18.1 Å². The van der Waals surface area contributed by atoms with Gasteiger partial charge in [-0.1, -0.05) is 0 Å². The Morgan fingerprint density at radius 1 is 1.47 bits per heavy atom. The molecule has 0 aromatic heterocycles. The second-order valence-electron chi connectivity index (χ2n) is 3.96. The normalized spacial score (nSPS) is 20.0. The molecule has 1 unspecified atom stereocenters. The van der Waals surface area contributed by atoms with Gasteiger partial charge in [0.05, 0.1) is 13.2 Å². The highest BCUT2D eigenvalue weighted by Gasteiger charge is 2.20. The lowest BCUT2D eigenvalue weighted by Crippen LogP contribution is -3.15. The van der Waals surface area contributed by atoms with Crippen LogP contribution in [0.4, 0.5) is 0 Å². The number of likely N-dealkylation sites (N-methyl/N-ethyl adjacent to an activating group) is 1. The van der Waals surface area contributed by atoms with Gasteiger partial charge in [-0.3, -0.25) is 0 Å². The SMILES string of the molecule is CN(CC(O)C[NH+]1CCOCC1)S(=O)(=O)[O-].[Br-]. The van der Waals surface area contributed by atoms with Crippen molar-refractivity contribution in [2.24, 2.45) is 0 Å². The molecular weight excluding hydrogens is 316 g/mol. The number of hydrogen-bond donors (Lipinski definition) is 2. The molecule has 0 aliphatic carbocycles. The number of nitrogens with zero attached hydrogens (tertiary/aromatic N) is 1. The zero-order valence-electron chi connectivity index (χ0n) is 9.63. The van der Waals surface area contributed by atoms with Crippen LogP contribution in [0.1, 0.15) is 0 Å². The van der Waals surface area contributed by atoms with Gasteiger partial charge >= 0.3 is 0 Å². The number of morpholine rings is 1. The predicted octanol–water partition coefficient (Wildman–Crippen LogP) is -6.34. The molecule has 0 aromatic carbocycles. The zero-order valence-corrected chi connectivity index (χ0v) is 12.0. The van der Waals surface area contributed by atoms with Gasteiger partial charge in [-0.05, 0) is 0 Å². The minimum absolute atomic E-state index is 0. The molecule has 1 saturated heterocycles. The van der Waals surface area contributed by atoms with Crippen molar-refractivity contribution < 1.29 is 44.7 Å². The Morgan fingerprint density at radius 3 is 2.47 bits per heavy atom. The molecule has 1 atom stereocenters. The van der Waals surface area contributed by atoms with Gasteiger partial charge in [0.1, 0.15) is 25.7 Å². The fourth-order valence-corrected chi connectivity index (χ4v) is 2.00. The zero-order chi connectivity index (χ0) is 12.2. The maximum atomic E-state index is 10.6. The summed E-state index contributed by atoms with van der Waals surface area (Å²) in [6, 6.07) is 0. The number of aliphatic hydroxyl groups excluding tert-OH is 1. The Morgan fingerprint density at radius 2 is 2.00 bits per heavy atom. The van der Waals surface area contributed by atoms with Crippen molar-refractivity contribution in [2.75, 3.05) is 46.4 Å². The summed E-state index contributed by atoms with van der Waals surface area (Å²) in [6.45, 7) is 3.17. The second kappa shape index (κ2) is 7.62. The van der Waals surface area contributed by atoms with Gasteiger partial charge in [0, 0.05) is 13.6 Å². The maximum Gasteiger partial charge on any atom is 0.161 e. The lowest BCUT2D eigenvalue weighted by atomic mass is 10.3. The first-order valence-corrected chi connectivity index (χ1v) is 6.52. The van der Waals surface area contributed by atoms with Crippen LogP contribution in [0.5, 0.6) is 0 Å². The Hall–Kier alpha value is 0.230. The van der Waals surface area contributed by atoms with E-state index in [0.29, 0.717) is 24.1 Å². The predicted molar refractivity (Wildman–Crippen MR) is 54.7 cm³/mol. The van der Waals surface area contributed by atoms with E-state index in [-0.39, 0.29) is 23.5 Å². The Bertz CT molecular complexity index is 307. The largest absolute Gasteiger partial charge is 1.00 e. The Labute approximate surface area is 112 Å². The Kier molecular flexibility index (Phi) is 7.72. The van der Waals surface area contributed by atoms with Crippen molar-refractivity contribution in [3.8, 4) is 0 Å². The summed E-state index contributed by atoms with van der Waals surface area (Å²) < 4.78 is 37.6. The van der Waals surface area contributed by atoms with E-state index in [1.165, 1.54) is 7.05 Å². The summed E-state index contributed by atoms with van der Waals surface area (Å²) >= 11 is 0. The van der Waals surface area contributed by atoms with Crippen molar-refractivity contribution in [2.45, 2.75) is 6.10 Å². The first-order chi connectivity index (χ1) is 7.39. The summed E-state index contributed by atoms with van der Waals surface area (Å²) in [4.78, 5) is 1.16. The molecule has 7 nitrogen and oxygen atoms in total. The fourth-order valence-electron chi connectivity index (χ4n) is 1.65. The van der Waals surface area contributed by atoms with Crippen LogP contribution >= 0.6 is 0 Å². The lowest BCUT2D eigenvalue weighted by molar-refractivity contribution is -0.910. The highest BCUT2D eigenvalue weighted by atomic mass is 79.9. The van der Waals surface area contributed by atoms with E-state index in [0.717, 1.165) is 18.0 Å². The molecule has 17 heavy (non-hydrogen) atoms. The molecule has 2 N–H and O–H groups in total.